The van der Waals surface area contributed by atoms with Crippen molar-refractivity contribution in [1.82, 2.24) is 9.80 Å². The first-order valence-corrected chi connectivity index (χ1v) is 12.8. The Kier molecular flexibility index (Phi) is 3.63. The highest BCUT2D eigenvalue weighted by Gasteiger charge is 2.81. The zero-order chi connectivity index (χ0) is 23.9. The maximum Gasteiger partial charge on any atom is 0.261 e. The van der Waals surface area contributed by atoms with Gasteiger partial charge in [0.05, 0.1) is 34.2 Å². The van der Waals surface area contributed by atoms with Gasteiger partial charge in [-0.2, -0.15) is 0 Å². The molecule has 7 heteroatoms. The summed E-state index contributed by atoms with van der Waals surface area (Å²) in [6.07, 6.45) is 3.61. The summed E-state index contributed by atoms with van der Waals surface area (Å²) in [5.74, 6) is 0.606. The minimum Gasteiger partial charge on any atom is -0.504 e. The monoisotopic (exact) mass is 472 g/mol. The lowest BCUT2D eigenvalue weighted by Gasteiger charge is -2.53. The topological polar surface area (TPSA) is 90.1 Å². The normalized spacial score (nSPS) is 40.1. The van der Waals surface area contributed by atoms with Crippen LogP contribution >= 0.6 is 0 Å². The standard InChI is InChI=1S/C28H28N2O5/c1-14-6-9-20(31)22-21(14)27-12-19-23(29(19)13-15-7-8-15)28(27,34)11-10-18(24(27)35-22)30-25(32)16-4-2-3-5-17(16)26(30)33/h2-6,9,15,18-19,23-24,31,34H,7-8,10-13H2,1H3/t18-,19?,23-,24+,27+,28-,29?/m1/s1. The van der Waals surface area contributed by atoms with Crippen LogP contribution in [-0.4, -0.2) is 68.2 Å². The van der Waals surface area contributed by atoms with Gasteiger partial charge in [-0.1, -0.05) is 18.2 Å². The first kappa shape index (κ1) is 20.3. The summed E-state index contributed by atoms with van der Waals surface area (Å²) in [6.45, 7) is 3.03. The highest BCUT2D eigenvalue weighted by Crippen LogP contribution is 2.70. The number of nitrogens with zero attached hydrogens (tertiary/aromatic N) is 2. The fourth-order valence-corrected chi connectivity index (χ4v) is 8.24. The van der Waals surface area contributed by atoms with Gasteiger partial charge in [-0.05, 0) is 68.7 Å². The number of phenols is 1. The summed E-state index contributed by atoms with van der Waals surface area (Å²) in [5, 5.41) is 23.3. The zero-order valence-corrected chi connectivity index (χ0v) is 19.6. The van der Waals surface area contributed by atoms with Crippen LogP contribution in [0.3, 0.4) is 0 Å². The summed E-state index contributed by atoms with van der Waals surface area (Å²) < 4.78 is 6.54. The summed E-state index contributed by atoms with van der Waals surface area (Å²) in [7, 11) is 0. The number of rotatable bonds is 3. The first-order chi connectivity index (χ1) is 16.9. The molecule has 0 bridgehead atoms. The minimum absolute atomic E-state index is 0.0493. The number of ether oxygens (including phenoxy) is 1. The van der Waals surface area contributed by atoms with Crippen LogP contribution in [0.1, 0.15) is 63.9 Å². The number of aryl methyl sites for hydroxylation is 1. The number of phenolic OH excluding ortho intramolecular Hbond substituents is 1. The molecular formula is C28H28N2O5. The molecule has 7 nitrogen and oxygen atoms in total. The molecule has 3 aliphatic heterocycles. The molecule has 3 heterocycles. The fraction of sp³-hybridized carbons (Fsp3) is 0.500. The van der Waals surface area contributed by atoms with Crippen molar-refractivity contribution in [2.75, 3.05) is 6.54 Å². The van der Waals surface area contributed by atoms with Crippen LogP contribution in [0.2, 0.25) is 0 Å². The first-order valence-electron chi connectivity index (χ1n) is 12.8. The van der Waals surface area contributed by atoms with Gasteiger partial charge in [0.2, 0.25) is 0 Å². The Morgan fingerprint density at radius 1 is 1.03 bits per heavy atom. The average molecular weight is 473 g/mol. The van der Waals surface area contributed by atoms with Crippen LogP contribution in [0.5, 0.6) is 11.5 Å². The van der Waals surface area contributed by atoms with E-state index in [0.29, 0.717) is 36.1 Å². The summed E-state index contributed by atoms with van der Waals surface area (Å²) in [4.78, 5) is 30.7. The van der Waals surface area contributed by atoms with Crippen molar-refractivity contribution >= 4 is 11.8 Å². The van der Waals surface area contributed by atoms with Crippen LogP contribution < -0.4 is 4.74 Å². The van der Waals surface area contributed by atoms with Gasteiger partial charge in [-0.15, -0.1) is 0 Å². The fourth-order valence-electron chi connectivity index (χ4n) is 8.24. The second-order valence-electron chi connectivity index (χ2n) is 11.5. The number of carbonyl (C=O) groups is 2. The van der Waals surface area contributed by atoms with Gasteiger partial charge in [0.25, 0.3) is 11.8 Å². The number of hydrogen-bond donors (Lipinski definition) is 2. The van der Waals surface area contributed by atoms with Crippen molar-refractivity contribution in [2.24, 2.45) is 5.92 Å². The molecule has 2 aromatic rings. The molecule has 7 atom stereocenters. The molecule has 2 amide bonds. The third kappa shape index (κ3) is 2.25. The Bertz CT molecular complexity index is 1300. The Morgan fingerprint density at radius 2 is 1.74 bits per heavy atom. The van der Waals surface area contributed by atoms with Gasteiger partial charge in [-0.25, -0.2) is 0 Å². The van der Waals surface area contributed by atoms with E-state index >= 15 is 0 Å². The van der Waals surface area contributed by atoms with Crippen LogP contribution in [0, 0.1) is 12.8 Å². The average Bonchev–Trinajstić information content (AvgIpc) is 3.71. The van der Waals surface area contributed by atoms with E-state index in [-0.39, 0.29) is 29.6 Å². The van der Waals surface area contributed by atoms with Crippen molar-refractivity contribution < 1.29 is 24.5 Å². The van der Waals surface area contributed by atoms with Crippen LogP contribution in [-0.2, 0) is 5.41 Å². The SMILES string of the molecule is Cc1ccc(O)c2c1[C@]13CC4[C@@H](N4CC4CC4)[C@]1(O)CC[C@@H](N1C(=O)c4ccccc4C1=O)[C@@H]3O2. The third-order valence-corrected chi connectivity index (χ3v) is 9.87. The highest BCUT2D eigenvalue weighted by atomic mass is 16.5. The zero-order valence-electron chi connectivity index (χ0n) is 19.6. The van der Waals surface area contributed by atoms with E-state index in [0.717, 1.165) is 23.6 Å². The molecule has 3 saturated carbocycles. The van der Waals surface area contributed by atoms with Crippen molar-refractivity contribution in [1.29, 1.82) is 0 Å². The van der Waals surface area contributed by atoms with E-state index < -0.39 is 23.2 Å². The predicted octanol–water partition coefficient (Wildman–Crippen LogP) is 2.76. The number of hydrogen-bond acceptors (Lipinski definition) is 6. The summed E-state index contributed by atoms with van der Waals surface area (Å²) in [5.41, 5.74) is 0.884. The van der Waals surface area contributed by atoms with E-state index in [1.807, 2.05) is 13.0 Å². The Balaban J connectivity index is 1.26. The maximum absolute atomic E-state index is 13.5. The van der Waals surface area contributed by atoms with Crippen LogP contribution in [0.25, 0.3) is 0 Å². The van der Waals surface area contributed by atoms with E-state index in [2.05, 4.69) is 4.90 Å². The van der Waals surface area contributed by atoms with Crippen molar-refractivity contribution in [3.63, 3.8) is 0 Å². The number of carbonyl (C=O) groups excluding carboxylic acids is 2. The Hall–Kier alpha value is -2.90. The summed E-state index contributed by atoms with van der Waals surface area (Å²) in [6, 6.07) is 10.3. The predicted molar refractivity (Wildman–Crippen MR) is 125 cm³/mol. The molecule has 4 fully saturated rings. The molecule has 0 radical (unpaired) electrons. The smallest absolute Gasteiger partial charge is 0.261 e. The molecule has 1 spiro atoms. The Morgan fingerprint density at radius 3 is 2.43 bits per heavy atom. The number of benzene rings is 2. The molecule has 1 saturated heterocycles. The van der Waals surface area contributed by atoms with E-state index in [9.17, 15) is 19.8 Å². The number of imide groups is 1. The van der Waals surface area contributed by atoms with E-state index in [4.69, 9.17) is 4.74 Å². The number of likely N-dealkylation sites (tertiary alicyclic amines) is 1. The molecule has 3 aliphatic carbocycles. The molecule has 180 valence electrons. The van der Waals surface area contributed by atoms with Gasteiger partial charge in [0.15, 0.2) is 11.5 Å². The molecule has 6 aliphatic rings. The second-order valence-corrected chi connectivity index (χ2v) is 11.5. The highest BCUT2D eigenvalue weighted by molar-refractivity contribution is 6.21. The maximum atomic E-state index is 13.5. The second kappa shape index (κ2) is 6.26. The molecule has 2 unspecified atom stereocenters. The van der Waals surface area contributed by atoms with Crippen molar-refractivity contribution in [2.45, 2.75) is 74.3 Å². The quantitative estimate of drug-likeness (QED) is 0.528. The number of amides is 2. The molecule has 2 aromatic carbocycles. The Labute approximate surface area is 203 Å². The lowest BCUT2D eigenvalue weighted by molar-refractivity contribution is -0.124. The number of fused-ring (bicyclic) bond motifs is 4. The van der Waals surface area contributed by atoms with Gasteiger partial charge in [0.1, 0.15) is 6.10 Å². The number of aliphatic hydroxyl groups is 1. The van der Waals surface area contributed by atoms with E-state index in [1.54, 1.807) is 30.3 Å². The molecule has 2 N–H and O–H groups in total. The molecule has 35 heavy (non-hydrogen) atoms. The molecule has 8 rings (SSSR count). The van der Waals surface area contributed by atoms with Gasteiger partial charge >= 0.3 is 0 Å². The van der Waals surface area contributed by atoms with E-state index in [1.165, 1.54) is 17.7 Å². The van der Waals surface area contributed by atoms with Crippen molar-refractivity contribution in [3.05, 3.63) is 58.7 Å². The molecule has 0 aromatic heterocycles. The van der Waals surface area contributed by atoms with Gasteiger partial charge in [0, 0.05) is 18.2 Å². The number of aromatic hydroxyl groups is 1. The van der Waals surface area contributed by atoms with Crippen LogP contribution in [0.4, 0.5) is 0 Å². The third-order valence-electron chi connectivity index (χ3n) is 9.87. The van der Waals surface area contributed by atoms with Crippen molar-refractivity contribution in [3.8, 4) is 11.5 Å². The van der Waals surface area contributed by atoms with Gasteiger partial charge < -0.3 is 14.9 Å². The van der Waals surface area contributed by atoms with Crippen LogP contribution in [0.15, 0.2) is 36.4 Å². The largest absolute Gasteiger partial charge is 0.504 e. The summed E-state index contributed by atoms with van der Waals surface area (Å²) >= 11 is 0. The lowest BCUT2D eigenvalue weighted by Crippen LogP contribution is -2.68. The lowest BCUT2D eigenvalue weighted by atomic mass is 9.57. The number of piperidine rings is 1. The minimum atomic E-state index is -1.03. The molecular weight excluding hydrogens is 444 g/mol. The van der Waals surface area contributed by atoms with Gasteiger partial charge in [-0.3, -0.25) is 19.4 Å².